The van der Waals surface area contributed by atoms with Crippen LogP contribution in [0.25, 0.3) is 0 Å². The third kappa shape index (κ3) is 1.52. The van der Waals surface area contributed by atoms with Crippen LogP contribution in [-0.2, 0) is 0 Å². The molecule has 1 aliphatic rings. The highest BCUT2D eigenvalue weighted by molar-refractivity contribution is 5.29. The monoisotopic (exact) mass is 197 g/mol. The molecule has 0 bridgehead atoms. The van der Waals surface area contributed by atoms with Crippen LogP contribution < -0.4 is 5.73 Å². The molecule has 0 unspecified atom stereocenters. The molecule has 1 nitrogen and oxygen atoms in total. The maximum atomic E-state index is 13.4. The quantitative estimate of drug-likeness (QED) is 0.735. The average Bonchev–Trinajstić information content (AvgIpc) is 2.07. The largest absolute Gasteiger partial charge is 0.328 e. The summed E-state index contributed by atoms with van der Waals surface area (Å²) in [6.07, 6.45) is 1.53. The molecule has 2 N–H and O–H groups in total. The van der Waals surface area contributed by atoms with E-state index in [-0.39, 0.29) is 23.6 Å². The molecule has 1 aliphatic carbocycles. The van der Waals surface area contributed by atoms with Gasteiger partial charge in [-0.1, -0.05) is 0 Å². The second-order valence-electron chi connectivity index (χ2n) is 4.05. The Morgan fingerprint density at radius 3 is 2.43 bits per heavy atom. The molecule has 0 atom stereocenters. The van der Waals surface area contributed by atoms with Gasteiger partial charge in [-0.15, -0.1) is 0 Å². The molecule has 14 heavy (non-hydrogen) atoms. The molecule has 0 amide bonds. The Bertz CT molecular complexity index is 357. The zero-order valence-corrected chi connectivity index (χ0v) is 8.06. The maximum Gasteiger partial charge on any atom is 0.127 e. The zero-order valence-electron chi connectivity index (χ0n) is 8.06. The number of aryl methyl sites for hydroxylation is 1. The van der Waals surface area contributed by atoms with Crippen LogP contribution in [0.5, 0.6) is 0 Å². The predicted molar refractivity (Wildman–Crippen MR) is 51.0 cm³/mol. The minimum absolute atomic E-state index is 0.111. The van der Waals surface area contributed by atoms with Gasteiger partial charge in [-0.2, -0.15) is 0 Å². The van der Waals surface area contributed by atoms with Gasteiger partial charge < -0.3 is 5.73 Å². The first-order valence-electron chi connectivity index (χ1n) is 4.79. The van der Waals surface area contributed by atoms with E-state index >= 15 is 0 Å². The van der Waals surface area contributed by atoms with Crippen LogP contribution in [0.15, 0.2) is 12.1 Å². The molecule has 0 saturated heterocycles. The summed E-state index contributed by atoms with van der Waals surface area (Å²) < 4.78 is 26.6. The highest BCUT2D eigenvalue weighted by Gasteiger charge is 2.29. The molecule has 1 aromatic carbocycles. The van der Waals surface area contributed by atoms with E-state index in [0.717, 1.165) is 12.8 Å². The van der Waals surface area contributed by atoms with E-state index < -0.39 is 0 Å². The fraction of sp³-hybridized carbons (Fsp3) is 0.455. The van der Waals surface area contributed by atoms with Crippen molar-refractivity contribution >= 4 is 0 Å². The lowest BCUT2D eigenvalue weighted by atomic mass is 9.76. The average molecular weight is 197 g/mol. The Kier molecular flexibility index (Phi) is 2.27. The highest BCUT2D eigenvalue weighted by atomic mass is 19.1. The molecule has 3 heteroatoms. The van der Waals surface area contributed by atoms with Gasteiger partial charge in [0.2, 0.25) is 0 Å². The molecule has 76 valence electrons. The third-order valence-corrected chi connectivity index (χ3v) is 2.89. The summed E-state index contributed by atoms with van der Waals surface area (Å²) in [5, 5.41) is 0. The molecule has 1 saturated carbocycles. The second-order valence-corrected chi connectivity index (χ2v) is 4.05. The Hall–Kier alpha value is -0.960. The minimum atomic E-state index is -0.332. The van der Waals surface area contributed by atoms with Gasteiger partial charge in [-0.05, 0) is 48.9 Å². The minimum Gasteiger partial charge on any atom is -0.328 e. The Labute approximate surface area is 81.9 Å². The van der Waals surface area contributed by atoms with Crippen molar-refractivity contribution in [2.24, 2.45) is 5.73 Å². The van der Waals surface area contributed by atoms with E-state index in [9.17, 15) is 8.78 Å². The molecular formula is C11H13F2N. The molecule has 0 aromatic heterocycles. The van der Waals surface area contributed by atoms with Crippen molar-refractivity contribution in [3.8, 4) is 0 Å². The molecule has 2 rings (SSSR count). The van der Waals surface area contributed by atoms with Crippen molar-refractivity contribution in [3.05, 3.63) is 34.9 Å². The van der Waals surface area contributed by atoms with Crippen molar-refractivity contribution in [3.63, 3.8) is 0 Å². The Morgan fingerprint density at radius 1 is 1.21 bits per heavy atom. The predicted octanol–water partition coefficient (Wildman–Crippen LogP) is 2.48. The van der Waals surface area contributed by atoms with Crippen molar-refractivity contribution in [2.75, 3.05) is 0 Å². The molecule has 1 fully saturated rings. The van der Waals surface area contributed by atoms with Gasteiger partial charge in [0.15, 0.2) is 0 Å². The molecule has 0 spiro atoms. The van der Waals surface area contributed by atoms with Gasteiger partial charge in [-0.25, -0.2) is 8.78 Å². The SMILES string of the molecule is Cc1cc(F)c(C2CC(N)C2)cc1F. The summed E-state index contributed by atoms with van der Waals surface area (Å²) in [6, 6.07) is 2.72. The van der Waals surface area contributed by atoms with Gasteiger partial charge in [0.25, 0.3) is 0 Å². The van der Waals surface area contributed by atoms with E-state index in [1.807, 2.05) is 0 Å². The van der Waals surface area contributed by atoms with Gasteiger partial charge in [0.1, 0.15) is 11.6 Å². The van der Waals surface area contributed by atoms with Gasteiger partial charge in [0.05, 0.1) is 0 Å². The van der Waals surface area contributed by atoms with E-state index in [4.69, 9.17) is 5.73 Å². The lowest BCUT2D eigenvalue weighted by Crippen LogP contribution is -2.35. The summed E-state index contributed by atoms with van der Waals surface area (Å²) in [6.45, 7) is 1.56. The topological polar surface area (TPSA) is 26.0 Å². The summed E-state index contributed by atoms with van der Waals surface area (Å²) in [7, 11) is 0. The van der Waals surface area contributed by atoms with Crippen molar-refractivity contribution in [1.29, 1.82) is 0 Å². The lowest BCUT2D eigenvalue weighted by Gasteiger charge is -2.33. The van der Waals surface area contributed by atoms with Crippen LogP contribution in [0, 0.1) is 18.6 Å². The number of benzene rings is 1. The molecule has 0 radical (unpaired) electrons. The van der Waals surface area contributed by atoms with Crippen molar-refractivity contribution in [1.82, 2.24) is 0 Å². The first-order chi connectivity index (χ1) is 6.58. The number of halogens is 2. The van der Waals surface area contributed by atoms with Crippen molar-refractivity contribution in [2.45, 2.75) is 31.7 Å². The zero-order chi connectivity index (χ0) is 10.3. The lowest BCUT2D eigenvalue weighted by molar-refractivity contribution is 0.341. The van der Waals surface area contributed by atoms with Crippen molar-refractivity contribution < 1.29 is 8.78 Å². The summed E-state index contributed by atoms with van der Waals surface area (Å²) in [5.41, 5.74) is 6.45. The smallest absolute Gasteiger partial charge is 0.127 e. The summed E-state index contributed by atoms with van der Waals surface area (Å²) in [5.74, 6) is -0.525. The number of hydrogen-bond donors (Lipinski definition) is 1. The maximum absolute atomic E-state index is 13.4. The van der Waals surface area contributed by atoms with E-state index in [2.05, 4.69) is 0 Å². The summed E-state index contributed by atoms with van der Waals surface area (Å²) >= 11 is 0. The number of nitrogens with two attached hydrogens (primary N) is 1. The normalized spacial score (nSPS) is 26.0. The molecule has 0 heterocycles. The fourth-order valence-corrected chi connectivity index (χ4v) is 1.89. The van der Waals surface area contributed by atoms with E-state index in [1.54, 1.807) is 6.92 Å². The molecular weight excluding hydrogens is 184 g/mol. The van der Waals surface area contributed by atoms with E-state index in [1.165, 1.54) is 12.1 Å². The van der Waals surface area contributed by atoms with Gasteiger partial charge in [0, 0.05) is 6.04 Å². The van der Waals surface area contributed by atoms with Crippen LogP contribution in [0.3, 0.4) is 0 Å². The van der Waals surface area contributed by atoms with E-state index in [0.29, 0.717) is 11.1 Å². The van der Waals surface area contributed by atoms with Crippen LogP contribution >= 0.6 is 0 Å². The fourth-order valence-electron chi connectivity index (χ4n) is 1.89. The van der Waals surface area contributed by atoms with Crippen LogP contribution in [0.4, 0.5) is 8.78 Å². The third-order valence-electron chi connectivity index (χ3n) is 2.89. The van der Waals surface area contributed by atoms with Gasteiger partial charge in [-0.3, -0.25) is 0 Å². The first-order valence-corrected chi connectivity index (χ1v) is 4.79. The standard InChI is InChI=1S/C11H13F2N/c1-6-2-11(13)9(5-10(6)12)7-3-8(14)4-7/h2,5,7-8H,3-4,14H2,1H3. The number of hydrogen-bond acceptors (Lipinski definition) is 1. The molecule has 1 aromatic rings. The second kappa shape index (κ2) is 3.31. The number of rotatable bonds is 1. The highest BCUT2D eigenvalue weighted by Crippen LogP contribution is 2.37. The van der Waals surface area contributed by atoms with Crippen LogP contribution in [0.2, 0.25) is 0 Å². The van der Waals surface area contributed by atoms with Crippen LogP contribution in [0.1, 0.15) is 29.9 Å². The van der Waals surface area contributed by atoms with Crippen LogP contribution in [-0.4, -0.2) is 6.04 Å². The first kappa shape index (κ1) is 9.59. The Balaban J connectivity index is 2.30. The van der Waals surface area contributed by atoms with Gasteiger partial charge >= 0.3 is 0 Å². The summed E-state index contributed by atoms with van der Waals surface area (Å²) in [4.78, 5) is 0. The Morgan fingerprint density at radius 2 is 1.86 bits per heavy atom. The molecule has 0 aliphatic heterocycles.